The molecule has 6 nitrogen and oxygen atoms in total. The van der Waals surface area contributed by atoms with Crippen LogP contribution in [0.4, 0.5) is 21.9 Å². The van der Waals surface area contributed by atoms with Gasteiger partial charge in [0.15, 0.2) is 0 Å². The van der Waals surface area contributed by atoms with Gasteiger partial charge in [-0.1, -0.05) is 24.3 Å². The second kappa shape index (κ2) is 8.96. The quantitative estimate of drug-likeness (QED) is 0.592. The molecule has 0 atom stereocenters. The van der Waals surface area contributed by atoms with Gasteiger partial charge in [-0.2, -0.15) is 0 Å². The van der Waals surface area contributed by atoms with Crippen molar-refractivity contribution in [3.8, 4) is 0 Å². The van der Waals surface area contributed by atoms with Crippen molar-refractivity contribution in [1.82, 2.24) is 4.98 Å². The summed E-state index contributed by atoms with van der Waals surface area (Å²) >= 11 is 0. The van der Waals surface area contributed by atoms with E-state index in [-0.39, 0.29) is 11.9 Å². The summed E-state index contributed by atoms with van der Waals surface area (Å²) in [6.07, 6.45) is 6.46. The number of rotatable bonds is 5. The SMILES string of the molecule is O=C(/C=C/c1ccncc1)Nc1cccc(NC(=O)Nc2ccccc2)c1. The fraction of sp³-hybridized carbons (Fsp3) is 0. The molecule has 3 rings (SSSR count). The number of anilines is 3. The van der Waals surface area contributed by atoms with Crippen LogP contribution in [0.3, 0.4) is 0 Å². The Morgan fingerprint density at radius 2 is 1.37 bits per heavy atom. The third-order valence-electron chi connectivity index (χ3n) is 3.55. The molecule has 1 aromatic heterocycles. The lowest BCUT2D eigenvalue weighted by molar-refractivity contribution is -0.111. The van der Waals surface area contributed by atoms with Gasteiger partial charge in [0, 0.05) is 35.5 Å². The molecule has 0 spiro atoms. The number of hydrogen-bond acceptors (Lipinski definition) is 3. The minimum absolute atomic E-state index is 0.266. The smallest absolute Gasteiger partial charge is 0.322 e. The molecule has 1 heterocycles. The van der Waals surface area contributed by atoms with Gasteiger partial charge in [-0.15, -0.1) is 0 Å². The molecule has 0 unspecified atom stereocenters. The maximum Gasteiger partial charge on any atom is 0.323 e. The summed E-state index contributed by atoms with van der Waals surface area (Å²) in [6, 6.07) is 19.3. The fourth-order valence-corrected chi connectivity index (χ4v) is 2.32. The van der Waals surface area contributed by atoms with E-state index in [1.54, 1.807) is 67.0 Å². The van der Waals surface area contributed by atoms with Gasteiger partial charge in [-0.05, 0) is 54.1 Å². The van der Waals surface area contributed by atoms with E-state index < -0.39 is 0 Å². The van der Waals surface area contributed by atoms with Crippen molar-refractivity contribution in [3.05, 3.63) is 90.8 Å². The molecule has 3 N–H and O–H groups in total. The third kappa shape index (κ3) is 5.82. The molecule has 3 amide bonds. The van der Waals surface area contributed by atoms with Crippen LogP contribution < -0.4 is 16.0 Å². The fourth-order valence-electron chi connectivity index (χ4n) is 2.32. The minimum atomic E-state index is -0.359. The Morgan fingerprint density at radius 3 is 2.11 bits per heavy atom. The Morgan fingerprint density at radius 1 is 0.741 bits per heavy atom. The van der Waals surface area contributed by atoms with E-state index in [0.29, 0.717) is 17.1 Å². The van der Waals surface area contributed by atoms with E-state index in [0.717, 1.165) is 5.56 Å². The first-order valence-electron chi connectivity index (χ1n) is 8.31. The molecule has 0 aliphatic heterocycles. The van der Waals surface area contributed by atoms with E-state index in [9.17, 15) is 9.59 Å². The molecule has 0 aliphatic rings. The summed E-state index contributed by atoms with van der Waals surface area (Å²) in [5, 5.41) is 8.23. The summed E-state index contributed by atoms with van der Waals surface area (Å²) in [6.45, 7) is 0. The second-order valence-electron chi connectivity index (χ2n) is 5.63. The van der Waals surface area contributed by atoms with E-state index in [1.165, 1.54) is 6.08 Å². The minimum Gasteiger partial charge on any atom is -0.322 e. The van der Waals surface area contributed by atoms with Crippen LogP contribution in [0.2, 0.25) is 0 Å². The summed E-state index contributed by atoms with van der Waals surface area (Å²) in [4.78, 5) is 28.0. The van der Waals surface area contributed by atoms with Gasteiger partial charge in [0.25, 0.3) is 0 Å². The van der Waals surface area contributed by atoms with Crippen LogP contribution in [0.1, 0.15) is 5.56 Å². The van der Waals surface area contributed by atoms with Crippen LogP contribution in [0.15, 0.2) is 85.2 Å². The molecule has 0 bridgehead atoms. The number of carbonyl (C=O) groups is 2. The number of para-hydroxylation sites is 1. The van der Waals surface area contributed by atoms with Gasteiger partial charge >= 0.3 is 6.03 Å². The van der Waals surface area contributed by atoms with E-state index >= 15 is 0 Å². The van der Waals surface area contributed by atoms with Gasteiger partial charge in [0.1, 0.15) is 0 Å². The largest absolute Gasteiger partial charge is 0.323 e. The normalized spacial score (nSPS) is 10.4. The maximum atomic E-state index is 12.0. The molecule has 3 aromatic rings. The lowest BCUT2D eigenvalue weighted by atomic mass is 10.2. The zero-order chi connectivity index (χ0) is 18.9. The molecule has 27 heavy (non-hydrogen) atoms. The lowest BCUT2D eigenvalue weighted by Gasteiger charge is -2.09. The van der Waals surface area contributed by atoms with Gasteiger partial charge in [-0.25, -0.2) is 4.79 Å². The highest BCUT2D eigenvalue weighted by atomic mass is 16.2. The molecule has 0 aliphatic carbocycles. The number of nitrogens with one attached hydrogen (secondary N) is 3. The predicted octanol–water partition coefficient (Wildman–Crippen LogP) is 4.38. The van der Waals surface area contributed by atoms with Crippen molar-refractivity contribution >= 4 is 35.1 Å². The Bertz CT molecular complexity index is 941. The maximum absolute atomic E-state index is 12.0. The van der Waals surface area contributed by atoms with E-state index in [1.807, 2.05) is 18.2 Å². The monoisotopic (exact) mass is 358 g/mol. The first-order chi connectivity index (χ1) is 13.2. The standard InChI is InChI=1S/C21H18N4O2/c26-20(10-9-16-11-13-22-14-12-16)23-18-7-4-8-19(15-18)25-21(27)24-17-5-2-1-3-6-17/h1-15H,(H,23,26)(H2,24,25,27)/b10-9+. The highest BCUT2D eigenvalue weighted by Crippen LogP contribution is 2.16. The number of nitrogens with zero attached hydrogens (tertiary/aromatic N) is 1. The number of aromatic nitrogens is 1. The molecular formula is C21H18N4O2. The van der Waals surface area contributed by atoms with Crippen molar-refractivity contribution < 1.29 is 9.59 Å². The molecule has 0 radical (unpaired) electrons. The zero-order valence-corrected chi connectivity index (χ0v) is 14.4. The number of urea groups is 1. The van der Waals surface area contributed by atoms with Crippen molar-refractivity contribution in [2.24, 2.45) is 0 Å². The first-order valence-corrected chi connectivity index (χ1v) is 8.31. The topological polar surface area (TPSA) is 83.1 Å². The first kappa shape index (κ1) is 17.9. The summed E-state index contributed by atoms with van der Waals surface area (Å²) in [5.41, 5.74) is 2.73. The van der Waals surface area contributed by atoms with E-state index in [4.69, 9.17) is 0 Å². The van der Waals surface area contributed by atoms with Crippen molar-refractivity contribution in [3.63, 3.8) is 0 Å². The number of amides is 3. The van der Waals surface area contributed by atoms with Crippen LogP contribution in [0.25, 0.3) is 6.08 Å². The van der Waals surface area contributed by atoms with Crippen LogP contribution in [-0.4, -0.2) is 16.9 Å². The Hall–Kier alpha value is -3.93. The summed E-state index contributed by atoms with van der Waals surface area (Å²) in [5.74, 6) is -0.266. The van der Waals surface area contributed by atoms with Crippen LogP contribution in [0.5, 0.6) is 0 Å². The highest BCUT2D eigenvalue weighted by Gasteiger charge is 2.04. The van der Waals surface area contributed by atoms with Crippen molar-refractivity contribution in [1.29, 1.82) is 0 Å². The third-order valence-corrected chi connectivity index (χ3v) is 3.55. The van der Waals surface area contributed by atoms with Crippen LogP contribution in [-0.2, 0) is 4.79 Å². The van der Waals surface area contributed by atoms with Crippen LogP contribution in [0, 0.1) is 0 Å². The average Bonchev–Trinajstić information content (AvgIpc) is 2.68. The Kier molecular flexibility index (Phi) is 5.93. The van der Waals surface area contributed by atoms with Crippen molar-refractivity contribution in [2.75, 3.05) is 16.0 Å². The Labute approximate surface area is 157 Å². The molecule has 0 saturated carbocycles. The van der Waals surface area contributed by atoms with Gasteiger partial charge in [0.2, 0.25) is 5.91 Å². The molecule has 0 saturated heterocycles. The zero-order valence-electron chi connectivity index (χ0n) is 14.4. The molecule has 0 fully saturated rings. The second-order valence-corrected chi connectivity index (χ2v) is 5.63. The molecule has 2 aromatic carbocycles. The van der Waals surface area contributed by atoms with E-state index in [2.05, 4.69) is 20.9 Å². The summed E-state index contributed by atoms with van der Waals surface area (Å²) in [7, 11) is 0. The molecule has 134 valence electrons. The predicted molar refractivity (Wildman–Crippen MR) is 107 cm³/mol. The van der Waals surface area contributed by atoms with Crippen LogP contribution >= 0.6 is 0 Å². The summed E-state index contributed by atoms with van der Waals surface area (Å²) < 4.78 is 0. The van der Waals surface area contributed by atoms with Crippen molar-refractivity contribution in [2.45, 2.75) is 0 Å². The van der Waals surface area contributed by atoms with Gasteiger partial charge in [-0.3, -0.25) is 9.78 Å². The number of hydrogen-bond donors (Lipinski definition) is 3. The number of pyridine rings is 1. The van der Waals surface area contributed by atoms with Gasteiger partial charge in [0.05, 0.1) is 0 Å². The highest BCUT2D eigenvalue weighted by molar-refractivity contribution is 6.03. The molecule has 6 heteroatoms. The number of benzene rings is 2. The molecular weight excluding hydrogens is 340 g/mol. The lowest BCUT2D eigenvalue weighted by Crippen LogP contribution is -2.19. The Balaban J connectivity index is 1.57. The van der Waals surface area contributed by atoms with Gasteiger partial charge < -0.3 is 16.0 Å². The number of carbonyl (C=O) groups excluding carboxylic acids is 2. The average molecular weight is 358 g/mol.